The normalized spacial score (nSPS) is 13.9. The van der Waals surface area contributed by atoms with Gasteiger partial charge in [-0.15, -0.1) is 0 Å². The monoisotopic (exact) mass is 365 g/mol. The fourth-order valence-corrected chi connectivity index (χ4v) is 4.20. The molecule has 0 aliphatic rings. The molecule has 0 fully saturated rings. The highest BCUT2D eigenvalue weighted by molar-refractivity contribution is 9.10. The van der Waals surface area contributed by atoms with E-state index in [0.717, 1.165) is 9.37 Å². The molecule has 0 radical (unpaired) electrons. The minimum atomic E-state index is -1.03. The molecule has 2 unspecified atom stereocenters. The lowest BCUT2D eigenvalue weighted by atomic mass is 10.0. The van der Waals surface area contributed by atoms with Gasteiger partial charge in [0.05, 0.1) is 10.8 Å². The molecule has 21 heavy (non-hydrogen) atoms. The fraction of sp³-hybridized carbons (Fsp3) is 0.294. The SMILES string of the molecule is CNC(CS(=O)c1cccc(Br)c1)c1cc(C)ccc1C. The van der Waals surface area contributed by atoms with Crippen LogP contribution in [0.4, 0.5) is 0 Å². The Kier molecular flexibility index (Phi) is 5.73. The minimum absolute atomic E-state index is 0.0877. The van der Waals surface area contributed by atoms with Gasteiger partial charge in [0.1, 0.15) is 0 Å². The summed E-state index contributed by atoms with van der Waals surface area (Å²) in [6.07, 6.45) is 0. The summed E-state index contributed by atoms with van der Waals surface area (Å²) in [5.41, 5.74) is 3.68. The van der Waals surface area contributed by atoms with Crippen LogP contribution in [0, 0.1) is 13.8 Å². The predicted octanol–water partition coefficient (Wildman–Crippen LogP) is 4.13. The summed E-state index contributed by atoms with van der Waals surface area (Å²) < 4.78 is 13.5. The van der Waals surface area contributed by atoms with E-state index >= 15 is 0 Å². The van der Waals surface area contributed by atoms with Crippen LogP contribution >= 0.6 is 15.9 Å². The molecule has 0 aliphatic heterocycles. The molecule has 112 valence electrons. The van der Waals surface area contributed by atoms with Crippen LogP contribution < -0.4 is 5.32 Å². The van der Waals surface area contributed by atoms with E-state index in [1.54, 1.807) is 0 Å². The van der Waals surface area contributed by atoms with E-state index < -0.39 is 10.8 Å². The maximum Gasteiger partial charge on any atom is 0.0549 e. The van der Waals surface area contributed by atoms with Gasteiger partial charge in [0.25, 0.3) is 0 Å². The largest absolute Gasteiger partial charge is 0.312 e. The molecule has 0 saturated carbocycles. The molecular weight excluding hydrogens is 346 g/mol. The smallest absolute Gasteiger partial charge is 0.0549 e. The van der Waals surface area contributed by atoms with Gasteiger partial charge in [-0.2, -0.15) is 0 Å². The van der Waals surface area contributed by atoms with Gasteiger partial charge in [0, 0.05) is 21.2 Å². The Bertz CT molecular complexity index is 657. The highest BCUT2D eigenvalue weighted by Crippen LogP contribution is 2.23. The van der Waals surface area contributed by atoms with Crippen LogP contribution in [0.2, 0.25) is 0 Å². The fourth-order valence-electron chi connectivity index (χ4n) is 2.32. The summed E-state index contributed by atoms with van der Waals surface area (Å²) >= 11 is 3.43. The van der Waals surface area contributed by atoms with Crippen molar-refractivity contribution < 1.29 is 4.21 Å². The number of aryl methyl sites for hydroxylation is 2. The summed E-state index contributed by atoms with van der Waals surface area (Å²) in [5.74, 6) is 0.567. The molecule has 2 atom stereocenters. The van der Waals surface area contributed by atoms with Crippen LogP contribution in [0.1, 0.15) is 22.7 Å². The highest BCUT2D eigenvalue weighted by atomic mass is 79.9. The third kappa shape index (κ3) is 4.25. The molecular formula is C17H20BrNOS. The molecule has 0 spiro atoms. The van der Waals surface area contributed by atoms with Gasteiger partial charge in [0.2, 0.25) is 0 Å². The second-order valence-corrected chi connectivity index (χ2v) is 7.58. The molecule has 0 saturated heterocycles. The standard InChI is InChI=1S/C17H20BrNOS/c1-12-7-8-13(2)16(9-12)17(19-3)11-21(20)15-6-4-5-14(18)10-15/h4-10,17,19H,11H2,1-3H3. The zero-order chi connectivity index (χ0) is 15.4. The lowest BCUT2D eigenvalue weighted by Gasteiger charge is -2.19. The van der Waals surface area contributed by atoms with Crippen LogP contribution in [-0.2, 0) is 10.8 Å². The number of hydrogen-bond donors (Lipinski definition) is 1. The maximum atomic E-state index is 12.6. The molecule has 2 aromatic rings. The van der Waals surface area contributed by atoms with Crippen molar-refractivity contribution in [2.45, 2.75) is 24.8 Å². The first-order valence-electron chi connectivity index (χ1n) is 6.89. The Morgan fingerprint density at radius 2 is 1.95 bits per heavy atom. The van der Waals surface area contributed by atoms with Crippen LogP contribution in [0.5, 0.6) is 0 Å². The first-order valence-corrected chi connectivity index (χ1v) is 9.01. The Morgan fingerprint density at radius 3 is 2.62 bits per heavy atom. The second kappa shape index (κ2) is 7.34. The highest BCUT2D eigenvalue weighted by Gasteiger charge is 2.16. The first kappa shape index (κ1) is 16.4. The zero-order valence-electron chi connectivity index (χ0n) is 12.5. The molecule has 0 aromatic heterocycles. The minimum Gasteiger partial charge on any atom is -0.312 e. The second-order valence-electron chi connectivity index (χ2n) is 5.17. The molecule has 0 aliphatic carbocycles. The molecule has 1 N–H and O–H groups in total. The quantitative estimate of drug-likeness (QED) is 0.862. The van der Waals surface area contributed by atoms with E-state index in [2.05, 4.69) is 53.3 Å². The topological polar surface area (TPSA) is 29.1 Å². The van der Waals surface area contributed by atoms with E-state index in [-0.39, 0.29) is 6.04 Å². The third-order valence-electron chi connectivity index (χ3n) is 3.54. The van der Waals surface area contributed by atoms with E-state index in [0.29, 0.717) is 5.75 Å². The van der Waals surface area contributed by atoms with Crippen molar-refractivity contribution in [2.24, 2.45) is 0 Å². The summed E-state index contributed by atoms with van der Waals surface area (Å²) in [6.45, 7) is 4.18. The van der Waals surface area contributed by atoms with Gasteiger partial charge in [-0.25, -0.2) is 0 Å². The van der Waals surface area contributed by atoms with Crippen molar-refractivity contribution in [3.63, 3.8) is 0 Å². The van der Waals surface area contributed by atoms with Crippen LogP contribution in [0.15, 0.2) is 51.8 Å². The van der Waals surface area contributed by atoms with Crippen molar-refractivity contribution in [2.75, 3.05) is 12.8 Å². The Hall–Kier alpha value is -0.970. The summed E-state index contributed by atoms with van der Waals surface area (Å²) in [5, 5.41) is 3.30. The van der Waals surface area contributed by atoms with Crippen molar-refractivity contribution in [1.29, 1.82) is 0 Å². The summed E-state index contributed by atoms with van der Waals surface area (Å²) in [4.78, 5) is 0.856. The van der Waals surface area contributed by atoms with Crippen molar-refractivity contribution in [3.05, 3.63) is 63.6 Å². The zero-order valence-corrected chi connectivity index (χ0v) is 14.9. The van der Waals surface area contributed by atoms with E-state index in [1.807, 2.05) is 31.3 Å². The molecule has 4 heteroatoms. The Morgan fingerprint density at radius 1 is 1.19 bits per heavy atom. The summed E-state index contributed by atoms with van der Waals surface area (Å²) in [7, 11) is 0.890. The van der Waals surface area contributed by atoms with Gasteiger partial charge in [0.15, 0.2) is 0 Å². The third-order valence-corrected chi connectivity index (χ3v) is 5.44. The van der Waals surface area contributed by atoms with E-state index in [4.69, 9.17) is 0 Å². The predicted molar refractivity (Wildman–Crippen MR) is 93.1 cm³/mol. The van der Waals surface area contributed by atoms with Crippen LogP contribution in [-0.4, -0.2) is 17.0 Å². The molecule has 0 amide bonds. The number of nitrogens with one attached hydrogen (secondary N) is 1. The van der Waals surface area contributed by atoms with Crippen LogP contribution in [0.25, 0.3) is 0 Å². The van der Waals surface area contributed by atoms with Crippen molar-refractivity contribution in [1.82, 2.24) is 5.32 Å². The Balaban J connectivity index is 2.23. The lowest BCUT2D eigenvalue weighted by molar-refractivity contribution is 0.633. The number of rotatable bonds is 5. The maximum absolute atomic E-state index is 12.6. The van der Waals surface area contributed by atoms with Gasteiger partial charge in [-0.05, 0) is 50.2 Å². The van der Waals surface area contributed by atoms with E-state index in [9.17, 15) is 4.21 Å². The number of halogens is 1. The number of benzene rings is 2. The molecule has 0 heterocycles. The molecule has 2 nitrogen and oxygen atoms in total. The van der Waals surface area contributed by atoms with Crippen LogP contribution in [0.3, 0.4) is 0 Å². The van der Waals surface area contributed by atoms with Crippen molar-refractivity contribution >= 4 is 26.7 Å². The average Bonchev–Trinajstić information content (AvgIpc) is 2.47. The molecule has 2 rings (SSSR count). The first-order chi connectivity index (χ1) is 10.0. The summed E-state index contributed by atoms with van der Waals surface area (Å²) in [6, 6.07) is 14.2. The van der Waals surface area contributed by atoms with Crippen molar-refractivity contribution in [3.8, 4) is 0 Å². The Labute approximate surface area is 137 Å². The van der Waals surface area contributed by atoms with E-state index in [1.165, 1.54) is 16.7 Å². The number of hydrogen-bond acceptors (Lipinski definition) is 2. The van der Waals surface area contributed by atoms with Gasteiger partial charge in [-0.1, -0.05) is 45.8 Å². The van der Waals surface area contributed by atoms with Gasteiger partial charge < -0.3 is 5.32 Å². The lowest BCUT2D eigenvalue weighted by Crippen LogP contribution is -2.23. The van der Waals surface area contributed by atoms with Gasteiger partial charge >= 0.3 is 0 Å². The average molecular weight is 366 g/mol. The molecule has 0 bridgehead atoms. The molecule has 2 aromatic carbocycles. The van der Waals surface area contributed by atoms with Gasteiger partial charge in [-0.3, -0.25) is 4.21 Å².